The zero-order valence-corrected chi connectivity index (χ0v) is 28.1. The maximum absolute atomic E-state index is 5.48. The van der Waals surface area contributed by atoms with Gasteiger partial charge in [-0.1, -0.05) is 137 Å². The summed E-state index contributed by atoms with van der Waals surface area (Å²) in [6.45, 7) is 9.31. The van der Waals surface area contributed by atoms with Crippen molar-refractivity contribution in [1.29, 1.82) is 0 Å². The Labute approximate surface area is 286 Å². The Kier molecular flexibility index (Phi) is 5.69. The van der Waals surface area contributed by atoms with Gasteiger partial charge >= 0.3 is 0 Å². The first-order valence-electron chi connectivity index (χ1n) is 17.2. The van der Waals surface area contributed by atoms with E-state index in [0.29, 0.717) is 0 Å². The number of hydrogen-bond donors (Lipinski definition) is 0. The van der Waals surface area contributed by atoms with Crippen LogP contribution in [0.25, 0.3) is 72.5 Å². The topological polar surface area (TPSA) is 30.7 Å². The number of nitrogens with zero attached hydrogens (tertiary/aromatic N) is 3. The highest BCUT2D eigenvalue weighted by Crippen LogP contribution is 2.53. The Hall–Kier alpha value is -5.80. The molecule has 0 saturated heterocycles. The van der Waals surface area contributed by atoms with Gasteiger partial charge in [0.05, 0.1) is 28.1 Å². The van der Waals surface area contributed by atoms with Crippen LogP contribution >= 0.6 is 0 Å². The molecule has 0 radical (unpaired) electrons. The molecule has 3 heteroatoms. The smallest absolute Gasteiger partial charge is 0.162 e. The monoisotopic (exact) mass is 629 g/mol. The molecule has 234 valence electrons. The van der Waals surface area contributed by atoms with Gasteiger partial charge in [0.25, 0.3) is 0 Å². The Bertz CT molecular complexity index is 2660. The summed E-state index contributed by atoms with van der Waals surface area (Å²) in [7, 11) is 0. The van der Waals surface area contributed by atoms with Crippen LogP contribution in [0, 0.1) is 0 Å². The first-order chi connectivity index (χ1) is 23.8. The number of para-hydroxylation sites is 2. The van der Waals surface area contributed by atoms with Crippen molar-refractivity contribution in [1.82, 2.24) is 14.5 Å². The highest BCUT2D eigenvalue weighted by atomic mass is 15.0. The lowest BCUT2D eigenvalue weighted by molar-refractivity contribution is 0.658. The van der Waals surface area contributed by atoms with Gasteiger partial charge in [0.15, 0.2) is 5.82 Å². The van der Waals surface area contributed by atoms with Crippen LogP contribution in [-0.2, 0) is 10.8 Å². The molecule has 0 atom stereocenters. The van der Waals surface area contributed by atoms with Gasteiger partial charge in [-0.3, -0.25) is 0 Å². The van der Waals surface area contributed by atoms with E-state index in [2.05, 4.69) is 172 Å². The maximum Gasteiger partial charge on any atom is 0.162 e. The molecule has 49 heavy (non-hydrogen) atoms. The molecule has 6 aromatic carbocycles. The Morgan fingerprint density at radius 1 is 0.449 bits per heavy atom. The summed E-state index contributed by atoms with van der Waals surface area (Å²) in [5.74, 6) is 0.735. The zero-order valence-electron chi connectivity index (χ0n) is 28.1. The number of hydrogen-bond acceptors (Lipinski definition) is 2. The van der Waals surface area contributed by atoms with E-state index in [1.807, 2.05) is 0 Å². The molecule has 2 aliphatic rings. The molecule has 0 bridgehead atoms. The lowest BCUT2D eigenvalue weighted by Gasteiger charge is -2.24. The molecule has 2 aliphatic carbocycles. The fourth-order valence-electron chi connectivity index (χ4n) is 8.82. The van der Waals surface area contributed by atoms with Crippen molar-refractivity contribution in [3.8, 4) is 50.7 Å². The van der Waals surface area contributed by atoms with Gasteiger partial charge in [-0.2, -0.15) is 0 Å². The van der Waals surface area contributed by atoms with Crippen LogP contribution in [0.3, 0.4) is 0 Å². The van der Waals surface area contributed by atoms with Gasteiger partial charge in [-0.25, -0.2) is 9.97 Å². The van der Waals surface area contributed by atoms with E-state index < -0.39 is 0 Å². The van der Waals surface area contributed by atoms with Crippen molar-refractivity contribution in [2.24, 2.45) is 0 Å². The average Bonchev–Trinajstić information content (AvgIpc) is 3.67. The number of fused-ring (bicyclic) bond motifs is 9. The molecule has 0 fully saturated rings. The second kappa shape index (κ2) is 9.87. The van der Waals surface area contributed by atoms with Gasteiger partial charge in [0, 0.05) is 43.9 Å². The SMILES string of the molecule is CC1(C)c2ccccc2-c2cc3c(cc21)c1ccccc1n3-c1ccccc1-c1nc(-c2ccccc2)c2c(n1)-c1ccccc1C2(C)C. The quantitative estimate of drug-likeness (QED) is 0.195. The predicted octanol–water partition coefficient (Wildman–Crippen LogP) is 11.5. The highest BCUT2D eigenvalue weighted by molar-refractivity contribution is 6.12. The normalized spacial score (nSPS) is 14.9. The summed E-state index contributed by atoms with van der Waals surface area (Å²) in [5, 5.41) is 2.51. The van der Waals surface area contributed by atoms with Gasteiger partial charge in [0.2, 0.25) is 0 Å². The first-order valence-corrected chi connectivity index (χ1v) is 17.2. The third-order valence-electron chi connectivity index (χ3n) is 11.2. The van der Waals surface area contributed by atoms with Crippen LogP contribution in [0.1, 0.15) is 49.9 Å². The standard InChI is InChI=1S/C46H35N3/c1-45(2)35-22-12-8-18-29(35)33-27-40-34(26-37(33)45)30-19-10-14-24-38(30)49(40)39-25-15-11-21-32(39)44-47-42(28-16-6-5-7-17-28)41-43(48-44)31-20-9-13-23-36(31)46(41,3)4/h5-27H,1-4H3. The van der Waals surface area contributed by atoms with Crippen molar-refractivity contribution in [3.05, 3.63) is 162 Å². The van der Waals surface area contributed by atoms with Crippen LogP contribution in [-0.4, -0.2) is 14.5 Å². The third kappa shape index (κ3) is 3.79. The van der Waals surface area contributed by atoms with E-state index in [-0.39, 0.29) is 10.8 Å². The lowest BCUT2D eigenvalue weighted by atomic mass is 9.81. The minimum absolute atomic E-state index is 0.0720. The van der Waals surface area contributed by atoms with Gasteiger partial charge < -0.3 is 4.57 Å². The molecular weight excluding hydrogens is 595 g/mol. The summed E-state index contributed by atoms with van der Waals surface area (Å²) < 4.78 is 2.44. The molecule has 0 amide bonds. The molecule has 10 rings (SSSR count). The summed E-state index contributed by atoms with van der Waals surface area (Å²) in [6, 6.07) is 50.5. The Morgan fingerprint density at radius 2 is 1.06 bits per heavy atom. The molecule has 0 aliphatic heterocycles. The molecule has 0 unspecified atom stereocenters. The number of rotatable bonds is 3. The largest absolute Gasteiger partial charge is 0.308 e. The summed E-state index contributed by atoms with van der Waals surface area (Å²) in [5.41, 5.74) is 16.4. The first kappa shape index (κ1) is 28.2. The van der Waals surface area contributed by atoms with Crippen LogP contribution in [0.15, 0.2) is 140 Å². The van der Waals surface area contributed by atoms with Crippen molar-refractivity contribution in [2.45, 2.75) is 38.5 Å². The third-order valence-corrected chi connectivity index (χ3v) is 11.2. The maximum atomic E-state index is 5.48. The zero-order chi connectivity index (χ0) is 33.1. The van der Waals surface area contributed by atoms with Crippen LogP contribution in [0.4, 0.5) is 0 Å². The van der Waals surface area contributed by atoms with Crippen LogP contribution < -0.4 is 0 Å². The van der Waals surface area contributed by atoms with Gasteiger partial charge in [-0.05, 0) is 58.1 Å². The van der Waals surface area contributed by atoms with Gasteiger partial charge in [0.1, 0.15) is 0 Å². The minimum Gasteiger partial charge on any atom is -0.308 e. The molecule has 0 N–H and O–H groups in total. The minimum atomic E-state index is -0.230. The molecule has 0 saturated carbocycles. The highest BCUT2D eigenvalue weighted by Gasteiger charge is 2.40. The molecule has 8 aromatic rings. The Balaban J connectivity index is 1.28. The molecule has 0 spiro atoms. The molecule has 2 heterocycles. The Morgan fingerprint density at radius 3 is 1.86 bits per heavy atom. The number of aromatic nitrogens is 3. The summed E-state index contributed by atoms with van der Waals surface area (Å²) in [4.78, 5) is 10.9. The van der Waals surface area contributed by atoms with Crippen molar-refractivity contribution < 1.29 is 0 Å². The number of benzene rings is 6. The fourth-order valence-corrected chi connectivity index (χ4v) is 8.82. The van der Waals surface area contributed by atoms with E-state index in [4.69, 9.17) is 9.97 Å². The van der Waals surface area contributed by atoms with E-state index in [9.17, 15) is 0 Å². The van der Waals surface area contributed by atoms with Crippen molar-refractivity contribution in [2.75, 3.05) is 0 Å². The van der Waals surface area contributed by atoms with Crippen molar-refractivity contribution >= 4 is 21.8 Å². The molecular formula is C46H35N3. The second-order valence-electron chi connectivity index (χ2n) is 14.6. The van der Waals surface area contributed by atoms with E-state index in [1.165, 1.54) is 60.8 Å². The van der Waals surface area contributed by atoms with E-state index in [0.717, 1.165) is 34.0 Å². The summed E-state index contributed by atoms with van der Waals surface area (Å²) >= 11 is 0. The van der Waals surface area contributed by atoms with Crippen LogP contribution in [0.2, 0.25) is 0 Å². The average molecular weight is 630 g/mol. The second-order valence-corrected chi connectivity index (χ2v) is 14.6. The molecule has 3 nitrogen and oxygen atoms in total. The van der Waals surface area contributed by atoms with E-state index >= 15 is 0 Å². The van der Waals surface area contributed by atoms with E-state index in [1.54, 1.807) is 0 Å². The van der Waals surface area contributed by atoms with Crippen molar-refractivity contribution in [3.63, 3.8) is 0 Å². The molecule has 2 aromatic heterocycles. The lowest BCUT2D eigenvalue weighted by Crippen LogP contribution is -2.17. The van der Waals surface area contributed by atoms with Crippen LogP contribution in [0.5, 0.6) is 0 Å². The fraction of sp³-hybridized carbons (Fsp3) is 0.130. The van der Waals surface area contributed by atoms with Gasteiger partial charge in [-0.15, -0.1) is 0 Å². The summed E-state index contributed by atoms with van der Waals surface area (Å²) in [6.07, 6.45) is 0. The predicted molar refractivity (Wildman–Crippen MR) is 202 cm³/mol.